The fourth-order valence-electron chi connectivity index (χ4n) is 1.25. The van der Waals surface area contributed by atoms with Crippen molar-refractivity contribution in [3.05, 3.63) is 34.6 Å². The monoisotopic (exact) mass is 272 g/mol. The summed E-state index contributed by atoms with van der Waals surface area (Å²) in [5.74, 6) is 0.481. The van der Waals surface area contributed by atoms with E-state index in [1.807, 2.05) is 0 Å². The quantitative estimate of drug-likeness (QED) is 0.872. The number of anilines is 1. The van der Waals surface area contributed by atoms with Crippen molar-refractivity contribution in [2.24, 2.45) is 7.05 Å². The first-order valence-corrected chi connectivity index (χ1v) is 6.16. The first kappa shape index (κ1) is 12.2. The van der Waals surface area contributed by atoms with Crippen LogP contribution in [-0.4, -0.2) is 14.8 Å². The third kappa shape index (κ3) is 2.70. The van der Waals surface area contributed by atoms with Crippen LogP contribution in [0, 0.1) is 5.82 Å². The minimum absolute atomic E-state index is 0.281. The van der Waals surface area contributed by atoms with Gasteiger partial charge in [0, 0.05) is 17.8 Å². The summed E-state index contributed by atoms with van der Waals surface area (Å²) in [5, 5.41) is 8.75. The topological polar surface area (TPSA) is 56.7 Å². The lowest BCUT2D eigenvalue weighted by molar-refractivity contribution is 0.617. The predicted octanol–water partition coefficient (Wildman–Crippen LogP) is 2.48. The maximum absolute atomic E-state index is 13.4. The zero-order valence-electron chi connectivity index (χ0n) is 9.02. The fraction of sp³-hybridized carbons (Fsp3) is 0.200. The van der Waals surface area contributed by atoms with Crippen molar-refractivity contribution in [1.82, 2.24) is 14.8 Å². The van der Waals surface area contributed by atoms with Gasteiger partial charge in [0.2, 0.25) is 5.95 Å². The van der Waals surface area contributed by atoms with Gasteiger partial charge in [-0.15, -0.1) is 10.2 Å². The Bertz CT molecular complexity index is 543. The molecule has 4 nitrogen and oxygen atoms in total. The largest absolute Gasteiger partial charge is 0.368 e. The van der Waals surface area contributed by atoms with Crippen molar-refractivity contribution in [3.63, 3.8) is 0 Å². The van der Waals surface area contributed by atoms with E-state index >= 15 is 0 Å². The molecule has 7 heteroatoms. The molecule has 0 aliphatic heterocycles. The van der Waals surface area contributed by atoms with E-state index in [0.717, 1.165) is 0 Å². The summed E-state index contributed by atoms with van der Waals surface area (Å²) in [7, 11) is 1.76. The number of nitrogens with zero attached hydrogens (tertiary/aromatic N) is 3. The molecule has 0 unspecified atom stereocenters. The van der Waals surface area contributed by atoms with E-state index in [-0.39, 0.29) is 5.82 Å². The summed E-state index contributed by atoms with van der Waals surface area (Å²) in [5.41, 5.74) is 6.08. The Labute approximate surface area is 107 Å². The Morgan fingerprint density at radius 2 is 2.24 bits per heavy atom. The van der Waals surface area contributed by atoms with Crippen LogP contribution in [0.3, 0.4) is 0 Å². The maximum Gasteiger partial charge on any atom is 0.222 e. The highest BCUT2D eigenvalue weighted by Gasteiger charge is 2.09. The first-order valence-electron chi connectivity index (χ1n) is 4.79. The summed E-state index contributed by atoms with van der Waals surface area (Å²) in [4.78, 5) is 0. The molecule has 0 atom stereocenters. The average Bonchev–Trinajstić information content (AvgIpc) is 2.62. The Morgan fingerprint density at radius 3 is 2.88 bits per heavy atom. The summed E-state index contributed by atoms with van der Waals surface area (Å²) in [6.45, 7) is 0. The van der Waals surface area contributed by atoms with Crippen LogP contribution < -0.4 is 5.73 Å². The van der Waals surface area contributed by atoms with Gasteiger partial charge in [0.15, 0.2) is 5.16 Å². The van der Waals surface area contributed by atoms with Gasteiger partial charge >= 0.3 is 0 Å². The second kappa shape index (κ2) is 4.93. The van der Waals surface area contributed by atoms with Crippen LogP contribution in [0.5, 0.6) is 0 Å². The van der Waals surface area contributed by atoms with Crippen LogP contribution in [-0.2, 0) is 12.8 Å². The molecule has 0 saturated heterocycles. The number of benzene rings is 1. The smallest absolute Gasteiger partial charge is 0.222 e. The fourth-order valence-corrected chi connectivity index (χ4v) is 2.33. The predicted molar refractivity (Wildman–Crippen MR) is 66.4 cm³/mol. The van der Waals surface area contributed by atoms with Gasteiger partial charge in [-0.25, -0.2) is 4.39 Å². The summed E-state index contributed by atoms with van der Waals surface area (Å²) >= 11 is 7.16. The van der Waals surface area contributed by atoms with Gasteiger partial charge in [0.1, 0.15) is 5.82 Å². The first-order chi connectivity index (χ1) is 8.08. The van der Waals surface area contributed by atoms with Gasteiger partial charge in [0.05, 0.1) is 0 Å². The molecule has 0 radical (unpaired) electrons. The van der Waals surface area contributed by atoms with E-state index in [1.54, 1.807) is 17.7 Å². The van der Waals surface area contributed by atoms with Gasteiger partial charge < -0.3 is 5.73 Å². The van der Waals surface area contributed by atoms with Gasteiger partial charge in [-0.1, -0.05) is 23.4 Å². The number of rotatable bonds is 3. The molecule has 0 aliphatic carbocycles. The number of halogens is 2. The molecule has 2 aromatic rings. The average molecular weight is 273 g/mol. The molecule has 0 amide bonds. The van der Waals surface area contributed by atoms with E-state index in [2.05, 4.69) is 10.2 Å². The van der Waals surface area contributed by atoms with Crippen LogP contribution in [0.25, 0.3) is 0 Å². The summed E-state index contributed by atoms with van der Waals surface area (Å²) in [6, 6.07) is 4.47. The Kier molecular flexibility index (Phi) is 3.54. The highest BCUT2D eigenvalue weighted by atomic mass is 35.5. The lowest BCUT2D eigenvalue weighted by atomic mass is 10.2. The van der Waals surface area contributed by atoms with Crippen molar-refractivity contribution in [1.29, 1.82) is 0 Å². The number of nitrogens with two attached hydrogens (primary N) is 1. The van der Waals surface area contributed by atoms with Gasteiger partial charge in [0.25, 0.3) is 0 Å². The minimum Gasteiger partial charge on any atom is -0.368 e. The van der Waals surface area contributed by atoms with Crippen LogP contribution in [0.4, 0.5) is 10.3 Å². The van der Waals surface area contributed by atoms with E-state index in [0.29, 0.717) is 27.4 Å². The molecule has 1 aromatic heterocycles. The third-order valence-corrected chi connectivity index (χ3v) is 3.54. The van der Waals surface area contributed by atoms with Crippen molar-refractivity contribution in [2.75, 3.05) is 5.73 Å². The molecule has 17 heavy (non-hydrogen) atoms. The van der Waals surface area contributed by atoms with Gasteiger partial charge in [-0.3, -0.25) is 4.57 Å². The highest BCUT2D eigenvalue weighted by molar-refractivity contribution is 7.98. The second-order valence-corrected chi connectivity index (χ2v) is 4.80. The number of aromatic nitrogens is 3. The van der Waals surface area contributed by atoms with Crippen molar-refractivity contribution in [3.8, 4) is 0 Å². The van der Waals surface area contributed by atoms with Crippen molar-refractivity contribution in [2.45, 2.75) is 10.9 Å². The molecule has 0 bridgehead atoms. The van der Waals surface area contributed by atoms with Crippen LogP contribution in [0.1, 0.15) is 5.56 Å². The highest BCUT2D eigenvalue weighted by Crippen LogP contribution is 2.24. The lowest BCUT2D eigenvalue weighted by Gasteiger charge is -2.03. The lowest BCUT2D eigenvalue weighted by Crippen LogP contribution is -1.98. The molecule has 2 N–H and O–H groups in total. The molecule has 0 aliphatic rings. The third-order valence-electron chi connectivity index (χ3n) is 2.23. The number of hydrogen-bond acceptors (Lipinski definition) is 4. The molecule has 1 aromatic carbocycles. The Hall–Kier alpha value is -1.27. The van der Waals surface area contributed by atoms with E-state index in [4.69, 9.17) is 17.3 Å². The zero-order chi connectivity index (χ0) is 12.4. The molecule has 0 saturated carbocycles. The SMILES string of the molecule is Cn1c(N)nnc1SCc1cc(Cl)ccc1F. The number of nitrogen functional groups attached to an aromatic ring is 1. The molecule has 0 fully saturated rings. The zero-order valence-corrected chi connectivity index (χ0v) is 10.6. The van der Waals surface area contributed by atoms with Crippen LogP contribution in [0.15, 0.2) is 23.4 Å². The Morgan fingerprint density at radius 1 is 1.47 bits per heavy atom. The van der Waals surface area contributed by atoms with Crippen molar-refractivity contribution >= 4 is 29.3 Å². The van der Waals surface area contributed by atoms with Gasteiger partial charge in [-0.05, 0) is 23.8 Å². The number of thioether (sulfide) groups is 1. The molecule has 1 heterocycles. The van der Waals surface area contributed by atoms with E-state index in [9.17, 15) is 4.39 Å². The molecular formula is C10H10ClFN4S. The minimum atomic E-state index is -0.281. The normalized spacial score (nSPS) is 10.8. The molecule has 2 rings (SSSR count). The van der Waals surface area contributed by atoms with E-state index < -0.39 is 0 Å². The number of hydrogen-bond donors (Lipinski definition) is 1. The molecular weight excluding hydrogens is 263 g/mol. The van der Waals surface area contributed by atoms with Crippen LogP contribution in [0.2, 0.25) is 5.02 Å². The van der Waals surface area contributed by atoms with E-state index in [1.165, 1.54) is 23.9 Å². The summed E-state index contributed by atoms with van der Waals surface area (Å²) < 4.78 is 15.1. The van der Waals surface area contributed by atoms with Crippen molar-refractivity contribution < 1.29 is 4.39 Å². The summed E-state index contributed by atoms with van der Waals surface area (Å²) in [6.07, 6.45) is 0. The second-order valence-electron chi connectivity index (χ2n) is 3.42. The van der Waals surface area contributed by atoms with Gasteiger partial charge in [-0.2, -0.15) is 0 Å². The Balaban J connectivity index is 2.12. The molecule has 90 valence electrons. The maximum atomic E-state index is 13.4. The molecule has 0 spiro atoms. The van der Waals surface area contributed by atoms with Crippen LogP contribution >= 0.6 is 23.4 Å². The standard InChI is InChI=1S/C10H10ClFN4S/c1-16-9(13)14-15-10(16)17-5-6-4-7(11)2-3-8(6)12/h2-4H,5H2,1H3,(H2,13,14).